The first kappa shape index (κ1) is 10.9. The van der Waals surface area contributed by atoms with E-state index in [4.69, 9.17) is 0 Å². The normalized spacial score (nSPS) is 11.9. The minimum Gasteiger partial charge on any atom is -0.342 e. The predicted molar refractivity (Wildman–Crippen MR) is 64.6 cm³/mol. The number of nitrogens with zero attached hydrogens (tertiary/aromatic N) is 1. The summed E-state index contributed by atoms with van der Waals surface area (Å²) in [5, 5.41) is 0. The Morgan fingerprint density at radius 2 is 2.12 bits per heavy atom. The van der Waals surface area contributed by atoms with E-state index in [9.17, 15) is 4.79 Å². The number of rotatable bonds is 2. The van der Waals surface area contributed by atoms with Crippen molar-refractivity contribution in [2.75, 3.05) is 0 Å². The third-order valence-electron chi connectivity index (χ3n) is 2.58. The maximum absolute atomic E-state index is 10.4. The van der Waals surface area contributed by atoms with Gasteiger partial charge in [-0.05, 0) is 17.7 Å². The van der Waals surface area contributed by atoms with Crippen LogP contribution in [0, 0.1) is 0 Å². The molecule has 0 saturated heterocycles. The molecule has 1 heterocycles. The highest BCUT2D eigenvalue weighted by atomic mass is 16.1. The van der Waals surface area contributed by atoms with E-state index in [1.807, 2.05) is 18.2 Å². The van der Waals surface area contributed by atoms with E-state index < -0.39 is 0 Å². The van der Waals surface area contributed by atoms with Crippen molar-refractivity contribution in [2.24, 2.45) is 0 Å². The molecule has 0 radical (unpaired) electrons. The molecule has 0 saturated carbocycles. The number of fused-ring (bicyclic) bond motifs is 1. The number of aldehydes is 1. The smallest absolute Gasteiger partial charge is 0.124 e. The second-order valence-electron chi connectivity index (χ2n) is 5.06. The number of nitrogens with one attached hydrogen (secondary N) is 1. The van der Waals surface area contributed by atoms with Gasteiger partial charge < -0.3 is 9.78 Å². The van der Waals surface area contributed by atoms with E-state index in [0.717, 1.165) is 28.7 Å². The quantitative estimate of drug-likeness (QED) is 0.784. The van der Waals surface area contributed by atoms with Crippen LogP contribution in [0.4, 0.5) is 0 Å². The lowest BCUT2D eigenvalue weighted by Crippen LogP contribution is -2.12. The fourth-order valence-electron chi connectivity index (χ4n) is 1.64. The van der Waals surface area contributed by atoms with Gasteiger partial charge in [0.1, 0.15) is 12.1 Å². The molecule has 3 nitrogen and oxygen atoms in total. The third-order valence-corrected chi connectivity index (χ3v) is 2.58. The number of aromatic nitrogens is 2. The van der Waals surface area contributed by atoms with Crippen LogP contribution in [0.15, 0.2) is 18.2 Å². The molecule has 1 aromatic heterocycles. The molecule has 0 bridgehead atoms. The highest BCUT2D eigenvalue weighted by Gasteiger charge is 2.17. The van der Waals surface area contributed by atoms with Gasteiger partial charge >= 0.3 is 0 Å². The maximum atomic E-state index is 10.4. The summed E-state index contributed by atoms with van der Waals surface area (Å²) < 4.78 is 0. The summed E-state index contributed by atoms with van der Waals surface area (Å²) in [5.41, 5.74) is 3.00. The van der Waals surface area contributed by atoms with E-state index in [1.54, 1.807) is 0 Å². The van der Waals surface area contributed by atoms with Crippen LogP contribution in [-0.4, -0.2) is 16.3 Å². The summed E-state index contributed by atoms with van der Waals surface area (Å²) in [6.07, 6.45) is 1.38. The fourth-order valence-corrected chi connectivity index (χ4v) is 1.64. The first-order valence-corrected chi connectivity index (χ1v) is 5.43. The molecule has 2 rings (SSSR count). The molecule has 0 fully saturated rings. The van der Waals surface area contributed by atoms with E-state index in [0.29, 0.717) is 6.42 Å². The first-order valence-electron chi connectivity index (χ1n) is 5.43. The summed E-state index contributed by atoms with van der Waals surface area (Å²) in [5.74, 6) is 0.978. The largest absolute Gasteiger partial charge is 0.342 e. The topological polar surface area (TPSA) is 45.8 Å². The Hall–Kier alpha value is -1.64. The number of H-pyrrole nitrogens is 1. The zero-order chi connectivity index (χ0) is 11.8. The van der Waals surface area contributed by atoms with Gasteiger partial charge in [0.2, 0.25) is 0 Å². The molecule has 2 aromatic rings. The van der Waals surface area contributed by atoms with E-state index >= 15 is 0 Å². The molecule has 0 aliphatic heterocycles. The van der Waals surface area contributed by atoms with Gasteiger partial charge in [0.25, 0.3) is 0 Å². The molecule has 16 heavy (non-hydrogen) atoms. The zero-order valence-electron chi connectivity index (χ0n) is 9.87. The molecule has 0 aliphatic carbocycles. The van der Waals surface area contributed by atoms with Gasteiger partial charge in [-0.2, -0.15) is 0 Å². The third kappa shape index (κ3) is 1.98. The van der Waals surface area contributed by atoms with Crippen LogP contribution in [0.3, 0.4) is 0 Å². The van der Waals surface area contributed by atoms with Crippen molar-refractivity contribution in [2.45, 2.75) is 32.6 Å². The van der Waals surface area contributed by atoms with Crippen molar-refractivity contribution in [1.82, 2.24) is 9.97 Å². The summed E-state index contributed by atoms with van der Waals surface area (Å²) in [6.45, 7) is 6.37. The van der Waals surface area contributed by atoms with Gasteiger partial charge in [-0.1, -0.05) is 26.8 Å². The molecule has 1 aromatic carbocycles. The molecule has 0 atom stereocenters. The molecular formula is C13H16N2O. The number of benzene rings is 1. The summed E-state index contributed by atoms with van der Waals surface area (Å²) >= 11 is 0. The number of hydrogen-bond acceptors (Lipinski definition) is 2. The lowest BCUT2D eigenvalue weighted by molar-refractivity contribution is -0.107. The second-order valence-corrected chi connectivity index (χ2v) is 5.06. The van der Waals surface area contributed by atoms with Crippen molar-refractivity contribution in [3.63, 3.8) is 0 Å². The molecular weight excluding hydrogens is 200 g/mol. The van der Waals surface area contributed by atoms with Gasteiger partial charge in [-0.25, -0.2) is 4.98 Å². The number of carbonyl (C=O) groups excluding carboxylic acids is 1. The monoisotopic (exact) mass is 216 g/mol. The number of aromatic amines is 1. The molecule has 0 amide bonds. The van der Waals surface area contributed by atoms with Gasteiger partial charge in [0.05, 0.1) is 11.0 Å². The summed E-state index contributed by atoms with van der Waals surface area (Å²) in [7, 11) is 0. The van der Waals surface area contributed by atoms with Crippen molar-refractivity contribution in [1.29, 1.82) is 0 Å². The highest BCUT2D eigenvalue weighted by Crippen LogP contribution is 2.22. The standard InChI is InChI=1S/C13H16N2O/c1-13(2,3)12-14-10-5-4-9(6-7-16)8-11(10)15-12/h4-5,7-8H,6H2,1-3H3,(H,14,15). The van der Waals surface area contributed by atoms with Crippen LogP contribution < -0.4 is 0 Å². The maximum Gasteiger partial charge on any atom is 0.124 e. The van der Waals surface area contributed by atoms with Crippen LogP contribution in [-0.2, 0) is 16.6 Å². The van der Waals surface area contributed by atoms with E-state index in [-0.39, 0.29) is 5.41 Å². The van der Waals surface area contributed by atoms with Gasteiger partial charge in [0.15, 0.2) is 0 Å². The predicted octanol–water partition coefficient (Wildman–Crippen LogP) is 2.60. The Kier molecular flexibility index (Phi) is 2.54. The lowest BCUT2D eigenvalue weighted by Gasteiger charge is -2.13. The molecule has 1 N–H and O–H groups in total. The average Bonchev–Trinajstić information content (AvgIpc) is 2.60. The zero-order valence-corrected chi connectivity index (χ0v) is 9.87. The Labute approximate surface area is 94.9 Å². The average molecular weight is 216 g/mol. The lowest BCUT2D eigenvalue weighted by atomic mass is 9.96. The van der Waals surface area contributed by atoms with Crippen LogP contribution >= 0.6 is 0 Å². The van der Waals surface area contributed by atoms with Crippen LogP contribution in [0.25, 0.3) is 11.0 Å². The first-order chi connectivity index (χ1) is 7.50. The van der Waals surface area contributed by atoms with Gasteiger partial charge in [-0.15, -0.1) is 0 Å². The molecule has 3 heteroatoms. The number of hydrogen-bond donors (Lipinski definition) is 1. The SMILES string of the molecule is CC(C)(C)c1nc2ccc(CC=O)cc2[nH]1. The van der Waals surface area contributed by atoms with E-state index in [2.05, 4.69) is 30.7 Å². The molecule has 84 valence electrons. The molecule has 0 unspecified atom stereocenters. The Morgan fingerprint density at radius 3 is 2.75 bits per heavy atom. The number of carbonyl (C=O) groups is 1. The summed E-state index contributed by atoms with van der Waals surface area (Å²) in [4.78, 5) is 18.3. The fraction of sp³-hybridized carbons (Fsp3) is 0.385. The molecule has 0 aliphatic rings. The Morgan fingerprint density at radius 1 is 1.38 bits per heavy atom. The number of imidazole rings is 1. The van der Waals surface area contributed by atoms with Crippen LogP contribution in [0.1, 0.15) is 32.2 Å². The highest BCUT2D eigenvalue weighted by molar-refractivity contribution is 5.77. The van der Waals surface area contributed by atoms with Gasteiger partial charge in [0, 0.05) is 11.8 Å². The Bertz CT molecular complexity index is 520. The van der Waals surface area contributed by atoms with Crippen LogP contribution in [0.5, 0.6) is 0 Å². The van der Waals surface area contributed by atoms with Crippen molar-refractivity contribution < 1.29 is 4.79 Å². The minimum atomic E-state index is 0.0177. The van der Waals surface area contributed by atoms with Crippen molar-refractivity contribution in [3.05, 3.63) is 29.6 Å². The van der Waals surface area contributed by atoms with Crippen molar-refractivity contribution in [3.8, 4) is 0 Å². The van der Waals surface area contributed by atoms with E-state index in [1.165, 1.54) is 0 Å². The van der Waals surface area contributed by atoms with Gasteiger partial charge in [-0.3, -0.25) is 0 Å². The van der Waals surface area contributed by atoms with Crippen molar-refractivity contribution >= 4 is 17.3 Å². The minimum absolute atomic E-state index is 0.0177. The second kappa shape index (κ2) is 3.74. The molecule has 0 spiro atoms. The summed E-state index contributed by atoms with van der Waals surface area (Å²) in [6, 6.07) is 5.90. The van der Waals surface area contributed by atoms with Crippen LogP contribution in [0.2, 0.25) is 0 Å². The Balaban J connectivity index is 2.50.